The van der Waals surface area contributed by atoms with Crippen LogP contribution in [0.1, 0.15) is 0 Å². The van der Waals surface area contributed by atoms with E-state index in [1.54, 1.807) is 0 Å². The zero-order valence-electron chi connectivity index (χ0n) is 15.2. The molecule has 5 nitrogen and oxygen atoms in total. The van der Waals surface area contributed by atoms with Crippen LogP contribution in [0.4, 0.5) is 5.69 Å². The summed E-state index contributed by atoms with van der Waals surface area (Å²) in [7, 11) is 0. The molecular formula is C23H14ClN3O2. The third kappa shape index (κ3) is 2.10. The molecule has 2 aromatic carbocycles. The molecule has 0 bridgehead atoms. The fourth-order valence-electron chi connectivity index (χ4n) is 4.25. The predicted molar refractivity (Wildman–Crippen MR) is 106 cm³/mol. The normalized spacial score (nSPS) is 14.2. The first-order chi connectivity index (χ1) is 13.9. The Morgan fingerprint density at radius 3 is 2.83 bits per heavy atom. The average molecular weight is 400 g/mol. The molecule has 5 heterocycles. The zero-order chi connectivity index (χ0) is 18.2. The first kappa shape index (κ1) is 16.4. The number of aromatic nitrogens is 2. The lowest BCUT2D eigenvalue weighted by Crippen LogP contribution is -3.00. The fraction of sp³-hybridized carbons (Fsp3) is 0.0435. The Morgan fingerprint density at radius 1 is 1.00 bits per heavy atom. The molecule has 29 heavy (non-hydrogen) atoms. The number of benzene rings is 2. The van der Waals surface area contributed by atoms with E-state index in [1.807, 2.05) is 48.7 Å². The van der Waals surface area contributed by atoms with Gasteiger partial charge in [0, 0.05) is 18.7 Å². The van der Waals surface area contributed by atoms with Gasteiger partial charge in [-0.05, 0) is 30.3 Å². The number of nitrogens with zero attached hydrogens (tertiary/aromatic N) is 3. The van der Waals surface area contributed by atoms with Crippen molar-refractivity contribution in [3.63, 3.8) is 0 Å². The summed E-state index contributed by atoms with van der Waals surface area (Å²) in [5.41, 5.74) is 4.71. The molecule has 2 aliphatic rings. The Bertz CT molecular complexity index is 1590. The highest BCUT2D eigenvalue weighted by Crippen LogP contribution is 2.39. The van der Waals surface area contributed by atoms with Gasteiger partial charge in [0.25, 0.3) is 5.52 Å². The number of fused-ring (bicyclic) bond motifs is 9. The van der Waals surface area contributed by atoms with Gasteiger partial charge in [0.05, 0.1) is 21.8 Å². The second-order valence-electron chi connectivity index (χ2n) is 7.10. The van der Waals surface area contributed by atoms with E-state index >= 15 is 0 Å². The second-order valence-corrected chi connectivity index (χ2v) is 7.10. The summed E-state index contributed by atoms with van der Waals surface area (Å²) in [6, 6.07) is 20.4. The van der Waals surface area contributed by atoms with Crippen LogP contribution in [0, 0.1) is 0 Å². The van der Waals surface area contributed by atoms with Gasteiger partial charge in [0.15, 0.2) is 11.9 Å². The molecule has 0 saturated heterocycles. The molecule has 0 N–H and O–H groups in total. The first-order valence-electron chi connectivity index (χ1n) is 9.28. The third-order valence-corrected chi connectivity index (χ3v) is 5.55. The van der Waals surface area contributed by atoms with Crippen LogP contribution in [0.15, 0.2) is 71.3 Å². The quantitative estimate of drug-likeness (QED) is 0.329. The molecule has 3 aromatic heterocycles. The van der Waals surface area contributed by atoms with Crippen molar-refractivity contribution in [2.75, 3.05) is 11.4 Å². The Morgan fingerprint density at radius 2 is 1.86 bits per heavy atom. The van der Waals surface area contributed by atoms with Gasteiger partial charge in [-0.2, -0.15) is 0 Å². The molecule has 6 heteroatoms. The molecule has 0 aliphatic carbocycles. The Hall–Kier alpha value is -3.57. The van der Waals surface area contributed by atoms with Crippen LogP contribution in [0.25, 0.3) is 39.7 Å². The van der Waals surface area contributed by atoms with Gasteiger partial charge >= 0.3 is 5.71 Å². The maximum Gasteiger partial charge on any atom is 0.389 e. The monoisotopic (exact) mass is 399 g/mol. The summed E-state index contributed by atoms with van der Waals surface area (Å²) in [5.74, 6) is 1.72. The molecule has 2 aliphatic heterocycles. The van der Waals surface area contributed by atoms with Crippen LogP contribution in [0.3, 0.4) is 0 Å². The minimum absolute atomic E-state index is 0. The highest BCUT2D eigenvalue weighted by atomic mass is 35.5. The highest BCUT2D eigenvalue weighted by molar-refractivity contribution is 5.91. The molecule has 0 radical (unpaired) electrons. The molecule has 0 saturated carbocycles. The van der Waals surface area contributed by atoms with E-state index in [0.29, 0.717) is 0 Å². The van der Waals surface area contributed by atoms with Crippen LogP contribution in [0.2, 0.25) is 0 Å². The molecule has 7 rings (SSSR count). The SMILES string of the molecule is C1=c2nc3cc[n+]4c5ccccc5oc4c3cc2=C2Oc3ccccc3N2C1.[Cl-]. The van der Waals surface area contributed by atoms with E-state index in [-0.39, 0.29) is 12.4 Å². The summed E-state index contributed by atoms with van der Waals surface area (Å²) in [4.78, 5) is 7.09. The van der Waals surface area contributed by atoms with Crippen molar-refractivity contribution in [2.45, 2.75) is 0 Å². The van der Waals surface area contributed by atoms with Crippen LogP contribution in [-0.4, -0.2) is 11.5 Å². The number of para-hydroxylation sites is 4. The van der Waals surface area contributed by atoms with Crippen molar-refractivity contribution in [2.24, 2.45) is 0 Å². The van der Waals surface area contributed by atoms with E-state index in [4.69, 9.17) is 14.1 Å². The Balaban J connectivity index is 0.00000165. The van der Waals surface area contributed by atoms with E-state index in [0.717, 1.165) is 62.1 Å². The van der Waals surface area contributed by atoms with Crippen LogP contribution >= 0.6 is 0 Å². The summed E-state index contributed by atoms with van der Waals surface area (Å²) in [6.07, 6.45) is 4.17. The molecule has 0 amide bonds. The van der Waals surface area contributed by atoms with Gasteiger partial charge in [-0.3, -0.25) is 0 Å². The van der Waals surface area contributed by atoms with Gasteiger partial charge in [0.1, 0.15) is 5.39 Å². The largest absolute Gasteiger partial charge is 1.00 e. The standard InChI is InChI=1S/C23H14N3O2.ClH/c1-3-7-20-18(5-1)25-11-9-16-14(22(25)27-20)13-15-17(24-16)10-12-26-19-6-2-4-8-21(19)28-23(15)26;/h1-11,13H,12H2;1H/q+1;/p-1. The molecular weight excluding hydrogens is 386 g/mol. The number of hydrogen-bond acceptors (Lipinski definition) is 4. The number of anilines is 1. The summed E-state index contributed by atoms with van der Waals surface area (Å²) < 4.78 is 14.5. The number of oxazole rings is 1. The van der Waals surface area contributed by atoms with Gasteiger partial charge in [-0.15, -0.1) is 4.40 Å². The minimum atomic E-state index is 0. The summed E-state index contributed by atoms with van der Waals surface area (Å²) >= 11 is 0. The molecule has 0 fully saturated rings. The fourth-order valence-corrected chi connectivity index (χ4v) is 4.25. The lowest BCUT2D eigenvalue weighted by Gasteiger charge is -2.19. The Labute approximate surface area is 171 Å². The minimum Gasteiger partial charge on any atom is -1.00 e. The molecule has 5 aromatic rings. The van der Waals surface area contributed by atoms with E-state index in [1.165, 1.54) is 0 Å². The van der Waals surface area contributed by atoms with Gasteiger partial charge in [0.2, 0.25) is 11.5 Å². The van der Waals surface area contributed by atoms with E-state index < -0.39 is 0 Å². The number of rotatable bonds is 0. The average Bonchev–Trinajstić information content (AvgIpc) is 3.31. The lowest BCUT2D eigenvalue weighted by atomic mass is 10.2. The van der Waals surface area contributed by atoms with Crippen molar-refractivity contribution >= 4 is 45.4 Å². The summed E-state index contributed by atoms with van der Waals surface area (Å²) in [5, 5.41) is 2.91. The first-order valence-corrected chi connectivity index (χ1v) is 9.28. The lowest BCUT2D eigenvalue weighted by molar-refractivity contribution is -0.484. The van der Waals surface area contributed by atoms with Crippen LogP contribution in [0.5, 0.6) is 5.75 Å². The van der Waals surface area contributed by atoms with Crippen molar-refractivity contribution in [1.29, 1.82) is 0 Å². The maximum atomic E-state index is 6.20. The molecule has 0 atom stereocenters. The van der Waals surface area contributed by atoms with Gasteiger partial charge in [-0.1, -0.05) is 24.3 Å². The topological polar surface area (TPSA) is 42.6 Å². The number of halogens is 1. The van der Waals surface area contributed by atoms with E-state index in [9.17, 15) is 0 Å². The zero-order valence-corrected chi connectivity index (χ0v) is 15.9. The number of pyridine rings is 2. The third-order valence-electron chi connectivity index (χ3n) is 5.55. The number of hydrogen-bond donors (Lipinski definition) is 0. The van der Waals surface area contributed by atoms with Crippen molar-refractivity contribution in [3.8, 4) is 5.75 Å². The van der Waals surface area contributed by atoms with Crippen molar-refractivity contribution in [3.05, 3.63) is 77.4 Å². The highest BCUT2D eigenvalue weighted by Gasteiger charge is 2.29. The molecule has 140 valence electrons. The summed E-state index contributed by atoms with van der Waals surface area (Å²) in [6.45, 7) is 0.749. The smallest absolute Gasteiger partial charge is 0.389 e. The van der Waals surface area contributed by atoms with Crippen LogP contribution < -0.4 is 37.0 Å². The van der Waals surface area contributed by atoms with Crippen LogP contribution in [-0.2, 0) is 0 Å². The number of ether oxygens (including phenoxy) is 1. The maximum absolute atomic E-state index is 6.20. The Kier molecular flexibility index (Phi) is 3.23. The van der Waals surface area contributed by atoms with Gasteiger partial charge in [-0.25, -0.2) is 4.98 Å². The van der Waals surface area contributed by atoms with E-state index in [2.05, 4.69) is 33.6 Å². The van der Waals surface area contributed by atoms with Gasteiger partial charge < -0.3 is 26.5 Å². The predicted octanol–water partition coefficient (Wildman–Crippen LogP) is -0.517. The molecule has 0 spiro atoms. The van der Waals surface area contributed by atoms with Crippen molar-refractivity contribution < 1.29 is 26.0 Å². The molecule has 0 unspecified atom stereocenters. The second kappa shape index (κ2) is 5.72. The van der Waals surface area contributed by atoms with Crippen molar-refractivity contribution in [1.82, 2.24) is 4.98 Å².